The fourth-order valence-corrected chi connectivity index (χ4v) is 3.99. The highest BCUT2D eigenvalue weighted by Crippen LogP contribution is 2.30. The summed E-state index contributed by atoms with van der Waals surface area (Å²) in [5, 5.41) is 12.8. The first-order chi connectivity index (χ1) is 13.5. The van der Waals surface area contributed by atoms with E-state index in [4.69, 9.17) is 23.2 Å². The molecule has 0 aliphatic carbocycles. The van der Waals surface area contributed by atoms with Crippen LogP contribution in [-0.4, -0.2) is 26.4 Å². The summed E-state index contributed by atoms with van der Waals surface area (Å²) in [6, 6.07) is 12.7. The molecule has 0 fully saturated rings. The number of benzene rings is 2. The van der Waals surface area contributed by atoms with Crippen molar-refractivity contribution < 1.29 is 4.79 Å². The minimum absolute atomic E-state index is 0.147. The topological polar surface area (TPSA) is 59.8 Å². The number of aromatic nitrogens is 3. The highest BCUT2D eigenvalue weighted by Gasteiger charge is 2.17. The maximum atomic E-state index is 12.3. The summed E-state index contributed by atoms with van der Waals surface area (Å²) in [5.74, 6) is 0.631. The molecule has 2 aromatic carbocycles. The molecule has 0 bridgehead atoms. The molecule has 0 radical (unpaired) electrons. The van der Waals surface area contributed by atoms with Gasteiger partial charge in [0.15, 0.2) is 11.0 Å². The predicted octanol–water partition coefficient (Wildman–Crippen LogP) is 5.93. The lowest BCUT2D eigenvalue weighted by Gasteiger charge is -2.10. The van der Waals surface area contributed by atoms with E-state index in [9.17, 15) is 4.79 Å². The maximum Gasteiger partial charge on any atom is 0.234 e. The van der Waals surface area contributed by atoms with E-state index in [2.05, 4.69) is 38.0 Å². The number of amides is 1. The van der Waals surface area contributed by atoms with Gasteiger partial charge in [-0.15, -0.1) is 16.8 Å². The van der Waals surface area contributed by atoms with Crippen LogP contribution in [0.3, 0.4) is 0 Å². The van der Waals surface area contributed by atoms with E-state index >= 15 is 0 Å². The van der Waals surface area contributed by atoms with Crippen LogP contribution < -0.4 is 5.32 Å². The van der Waals surface area contributed by atoms with Gasteiger partial charge in [-0.3, -0.25) is 9.36 Å². The van der Waals surface area contributed by atoms with Crippen molar-refractivity contribution in [2.75, 3.05) is 11.1 Å². The third-order valence-corrected chi connectivity index (χ3v) is 5.90. The monoisotopic (exact) mass is 496 g/mol. The smallest absolute Gasteiger partial charge is 0.234 e. The Labute approximate surface area is 185 Å². The van der Waals surface area contributed by atoms with Crippen molar-refractivity contribution in [1.82, 2.24) is 14.8 Å². The van der Waals surface area contributed by atoms with Crippen LogP contribution in [0.1, 0.15) is 0 Å². The van der Waals surface area contributed by atoms with Gasteiger partial charge in [0.2, 0.25) is 5.91 Å². The number of hydrogen-bond acceptors (Lipinski definition) is 4. The van der Waals surface area contributed by atoms with E-state index in [0.29, 0.717) is 33.3 Å². The highest BCUT2D eigenvalue weighted by atomic mass is 79.9. The summed E-state index contributed by atoms with van der Waals surface area (Å²) in [6.07, 6.45) is 1.76. The minimum Gasteiger partial charge on any atom is -0.324 e. The molecule has 0 aliphatic heterocycles. The van der Waals surface area contributed by atoms with E-state index in [1.807, 2.05) is 28.8 Å². The first-order valence-corrected chi connectivity index (χ1v) is 10.7. The lowest BCUT2D eigenvalue weighted by molar-refractivity contribution is -0.113. The van der Waals surface area contributed by atoms with E-state index in [1.165, 1.54) is 11.8 Å². The van der Waals surface area contributed by atoms with Gasteiger partial charge < -0.3 is 5.32 Å². The number of rotatable bonds is 7. The number of carbonyl (C=O) groups excluding carboxylic acids is 1. The second-order valence-corrected chi connectivity index (χ2v) is 8.29. The molecule has 1 aromatic heterocycles. The summed E-state index contributed by atoms with van der Waals surface area (Å²) in [4.78, 5) is 12.3. The summed E-state index contributed by atoms with van der Waals surface area (Å²) in [6.45, 7) is 4.32. The van der Waals surface area contributed by atoms with E-state index in [-0.39, 0.29) is 11.7 Å². The van der Waals surface area contributed by atoms with Crippen LogP contribution in [0.4, 0.5) is 5.69 Å². The van der Waals surface area contributed by atoms with Gasteiger partial charge in [-0.25, -0.2) is 0 Å². The Balaban J connectivity index is 1.75. The quantitative estimate of drug-likeness (QED) is 0.324. The third kappa shape index (κ3) is 4.97. The Hall–Kier alpha value is -1.80. The molecule has 1 heterocycles. The van der Waals surface area contributed by atoms with Crippen molar-refractivity contribution in [3.63, 3.8) is 0 Å². The summed E-state index contributed by atoms with van der Waals surface area (Å²) in [7, 11) is 0. The van der Waals surface area contributed by atoms with Crippen molar-refractivity contribution >= 4 is 62.5 Å². The molecule has 0 spiro atoms. The molecule has 0 saturated heterocycles. The average molecular weight is 498 g/mol. The van der Waals surface area contributed by atoms with Crippen LogP contribution in [0.2, 0.25) is 10.0 Å². The van der Waals surface area contributed by atoms with Gasteiger partial charge >= 0.3 is 0 Å². The maximum absolute atomic E-state index is 12.3. The van der Waals surface area contributed by atoms with Crippen molar-refractivity contribution in [3.8, 4) is 11.4 Å². The minimum atomic E-state index is -0.218. The molecule has 1 N–H and O–H groups in total. The lowest BCUT2D eigenvalue weighted by Crippen LogP contribution is -2.15. The second kappa shape index (κ2) is 9.60. The number of thioether (sulfide) groups is 1. The Kier molecular flexibility index (Phi) is 7.18. The van der Waals surface area contributed by atoms with Crippen molar-refractivity contribution in [1.29, 1.82) is 0 Å². The standard InChI is InChI=1S/C19H15BrCl2N4OS/c1-2-9-26-18(13-5-3-4-6-14(13)20)24-25-19(26)28-11-17(27)23-16-10-12(21)7-8-15(16)22/h2-8,10H,1,9,11H2,(H,23,27). The third-order valence-electron chi connectivity index (χ3n) is 3.68. The molecule has 0 unspecified atom stereocenters. The van der Waals surface area contributed by atoms with E-state index in [0.717, 1.165) is 10.0 Å². The van der Waals surface area contributed by atoms with Gasteiger partial charge in [-0.05, 0) is 24.3 Å². The molecule has 3 aromatic rings. The Bertz CT molecular complexity index is 1020. The first kappa shape index (κ1) is 20.9. The fraction of sp³-hybridized carbons (Fsp3) is 0.105. The lowest BCUT2D eigenvalue weighted by atomic mass is 10.2. The van der Waals surface area contributed by atoms with Gasteiger partial charge in [0.25, 0.3) is 0 Å². The van der Waals surface area contributed by atoms with E-state index < -0.39 is 0 Å². The number of hydrogen-bond donors (Lipinski definition) is 1. The zero-order valence-electron chi connectivity index (χ0n) is 14.5. The molecular formula is C19H15BrCl2N4OS. The number of nitrogens with zero attached hydrogens (tertiary/aromatic N) is 3. The van der Waals surface area contributed by atoms with Crippen molar-refractivity contribution in [2.45, 2.75) is 11.7 Å². The second-order valence-electron chi connectivity index (χ2n) is 5.65. The fourth-order valence-electron chi connectivity index (χ4n) is 2.44. The number of halogens is 3. The summed E-state index contributed by atoms with van der Waals surface area (Å²) < 4.78 is 2.83. The van der Waals surface area contributed by atoms with E-state index in [1.54, 1.807) is 24.3 Å². The van der Waals surface area contributed by atoms with Crippen molar-refractivity contribution in [2.24, 2.45) is 0 Å². The van der Waals surface area contributed by atoms with Crippen LogP contribution >= 0.6 is 50.9 Å². The molecule has 0 aliphatic rings. The van der Waals surface area contributed by atoms with Gasteiger partial charge in [0, 0.05) is 21.6 Å². The Morgan fingerprint density at radius 2 is 2.04 bits per heavy atom. The molecular weight excluding hydrogens is 483 g/mol. The van der Waals surface area contributed by atoms with Crippen LogP contribution in [0.25, 0.3) is 11.4 Å². The largest absolute Gasteiger partial charge is 0.324 e. The number of nitrogens with one attached hydrogen (secondary N) is 1. The van der Waals surface area contributed by atoms with Crippen LogP contribution in [-0.2, 0) is 11.3 Å². The SMILES string of the molecule is C=CCn1c(SCC(=O)Nc2cc(Cl)ccc2Cl)nnc1-c1ccccc1Br. The van der Waals surface area contributed by atoms with Crippen LogP contribution in [0, 0.1) is 0 Å². The number of carbonyl (C=O) groups is 1. The number of allylic oxidation sites excluding steroid dienone is 1. The Morgan fingerprint density at radius 1 is 1.25 bits per heavy atom. The van der Waals surface area contributed by atoms with Gasteiger partial charge in [-0.1, -0.05) is 75.2 Å². The van der Waals surface area contributed by atoms with Gasteiger partial charge in [0.05, 0.1) is 16.5 Å². The molecule has 5 nitrogen and oxygen atoms in total. The molecule has 28 heavy (non-hydrogen) atoms. The molecule has 144 valence electrons. The van der Waals surface area contributed by atoms with Gasteiger partial charge in [0.1, 0.15) is 0 Å². The molecule has 9 heteroatoms. The normalized spacial score (nSPS) is 10.7. The first-order valence-electron chi connectivity index (χ1n) is 8.16. The predicted molar refractivity (Wildman–Crippen MR) is 119 cm³/mol. The molecule has 0 atom stereocenters. The molecule has 0 saturated carbocycles. The van der Waals surface area contributed by atoms with Crippen LogP contribution in [0.15, 0.2) is 64.7 Å². The Morgan fingerprint density at radius 3 is 2.79 bits per heavy atom. The van der Waals surface area contributed by atoms with Crippen LogP contribution in [0.5, 0.6) is 0 Å². The highest BCUT2D eigenvalue weighted by molar-refractivity contribution is 9.10. The summed E-state index contributed by atoms with van der Waals surface area (Å²) in [5.41, 5.74) is 1.39. The van der Waals surface area contributed by atoms with Crippen molar-refractivity contribution in [3.05, 3.63) is 69.6 Å². The molecule has 1 amide bonds. The zero-order valence-corrected chi connectivity index (χ0v) is 18.4. The van der Waals surface area contributed by atoms with Gasteiger partial charge in [-0.2, -0.15) is 0 Å². The average Bonchev–Trinajstić information content (AvgIpc) is 3.06. The zero-order chi connectivity index (χ0) is 20.1. The summed E-state index contributed by atoms with van der Waals surface area (Å²) >= 11 is 16.9. The molecule has 3 rings (SSSR count). The number of anilines is 1.